The Hall–Kier alpha value is -2.99. The standard InChI is InChI=1S/C19H20N2O4/c1-14(18(22)13-16-5-3-2-4-6-16)20-19(23)12-9-15-7-10-17(11-8-15)21(24)25/h2-12,14,18,22H,13H2,1H3,(H,20,23)/b12-9+. The first-order chi connectivity index (χ1) is 12.0. The van der Waals surface area contributed by atoms with Gasteiger partial charge in [0.25, 0.3) is 5.69 Å². The van der Waals surface area contributed by atoms with Crippen LogP contribution in [0.1, 0.15) is 18.1 Å². The Bertz CT molecular complexity index is 742. The molecule has 0 heterocycles. The van der Waals surface area contributed by atoms with Crippen LogP contribution >= 0.6 is 0 Å². The summed E-state index contributed by atoms with van der Waals surface area (Å²) in [5.41, 5.74) is 1.68. The van der Waals surface area contributed by atoms with Crippen LogP contribution in [-0.4, -0.2) is 28.1 Å². The third kappa shape index (κ3) is 5.86. The molecule has 6 heteroatoms. The maximum Gasteiger partial charge on any atom is 0.269 e. The van der Waals surface area contributed by atoms with E-state index in [4.69, 9.17) is 0 Å². The van der Waals surface area contributed by atoms with E-state index in [0.29, 0.717) is 12.0 Å². The number of aliphatic hydroxyl groups excluding tert-OH is 1. The molecule has 0 bridgehead atoms. The van der Waals surface area contributed by atoms with Crippen molar-refractivity contribution in [2.45, 2.75) is 25.5 Å². The van der Waals surface area contributed by atoms with E-state index in [9.17, 15) is 20.0 Å². The monoisotopic (exact) mass is 340 g/mol. The normalized spacial score (nSPS) is 13.4. The Labute approximate surface area is 146 Å². The molecular formula is C19H20N2O4. The van der Waals surface area contributed by atoms with Crippen LogP contribution in [0.4, 0.5) is 5.69 Å². The molecule has 0 aliphatic heterocycles. The highest BCUT2D eigenvalue weighted by Gasteiger charge is 2.15. The molecule has 130 valence electrons. The fourth-order valence-electron chi connectivity index (χ4n) is 2.28. The van der Waals surface area contributed by atoms with Crippen LogP contribution in [0.2, 0.25) is 0 Å². The quantitative estimate of drug-likeness (QED) is 0.460. The van der Waals surface area contributed by atoms with Gasteiger partial charge in [0.2, 0.25) is 5.91 Å². The van der Waals surface area contributed by atoms with Crippen LogP contribution in [0.3, 0.4) is 0 Å². The number of nitrogens with one attached hydrogen (secondary N) is 1. The molecule has 2 unspecified atom stereocenters. The molecule has 0 saturated heterocycles. The number of benzene rings is 2. The number of non-ortho nitro benzene ring substituents is 1. The van der Waals surface area contributed by atoms with E-state index in [1.54, 1.807) is 25.1 Å². The minimum atomic E-state index is -0.695. The molecule has 2 aromatic rings. The van der Waals surface area contributed by atoms with Crippen molar-refractivity contribution in [1.82, 2.24) is 5.32 Å². The summed E-state index contributed by atoms with van der Waals surface area (Å²) in [7, 11) is 0. The Balaban J connectivity index is 1.86. The molecule has 0 aliphatic carbocycles. The van der Waals surface area contributed by atoms with Gasteiger partial charge in [-0.2, -0.15) is 0 Å². The molecule has 0 aliphatic rings. The van der Waals surface area contributed by atoms with Crippen LogP contribution in [0, 0.1) is 10.1 Å². The van der Waals surface area contributed by atoms with Gasteiger partial charge in [0.05, 0.1) is 17.1 Å². The van der Waals surface area contributed by atoms with Crippen LogP contribution in [-0.2, 0) is 11.2 Å². The lowest BCUT2D eigenvalue weighted by Gasteiger charge is -2.19. The average molecular weight is 340 g/mol. The Kier molecular flexibility index (Phi) is 6.42. The number of nitro benzene ring substituents is 1. The van der Waals surface area contributed by atoms with Crippen LogP contribution in [0.15, 0.2) is 60.7 Å². The fourth-order valence-corrected chi connectivity index (χ4v) is 2.28. The number of nitro groups is 1. The van der Waals surface area contributed by atoms with Gasteiger partial charge in [-0.05, 0) is 36.3 Å². The fraction of sp³-hybridized carbons (Fsp3) is 0.211. The summed E-state index contributed by atoms with van der Waals surface area (Å²) in [6, 6.07) is 15.0. The van der Waals surface area contributed by atoms with Gasteiger partial charge in [-0.15, -0.1) is 0 Å². The second kappa shape index (κ2) is 8.75. The van der Waals surface area contributed by atoms with E-state index in [1.807, 2.05) is 30.3 Å². The topological polar surface area (TPSA) is 92.5 Å². The third-order valence-electron chi connectivity index (χ3n) is 3.77. The number of hydrogen-bond donors (Lipinski definition) is 2. The molecule has 2 N–H and O–H groups in total. The van der Waals surface area contributed by atoms with Crippen molar-refractivity contribution in [2.75, 3.05) is 0 Å². The zero-order valence-electron chi connectivity index (χ0n) is 13.8. The molecule has 2 rings (SSSR count). The lowest BCUT2D eigenvalue weighted by atomic mass is 10.0. The SMILES string of the molecule is CC(NC(=O)/C=C/c1ccc([N+](=O)[O-])cc1)C(O)Cc1ccccc1. The second-order valence-corrected chi connectivity index (χ2v) is 5.74. The Morgan fingerprint density at radius 3 is 2.44 bits per heavy atom. The van der Waals surface area contributed by atoms with Gasteiger partial charge in [-0.25, -0.2) is 0 Å². The van der Waals surface area contributed by atoms with E-state index in [1.165, 1.54) is 18.2 Å². The van der Waals surface area contributed by atoms with Crippen molar-refractivity contribution in [3.05, 3.63) is 81.9 Å². The number of aliphatic hydroxyl groups is 1. The summed E-state index contributed by atoms with van der Waals surface area (Å²) < 4.78 is 0. The molecule has 0 fully saturated rings. The van der Waals surface area contributed by atoms with Crippen LogP contribution in [0.25, 0.3) is 6.08 Å². The van der Waals surface area contributed by atoms with E-state index in [-0.39, 0.29) is 11.6 Å². The van der Waals surface area contributed by atoms with Crippen molar-refractivity contribution in [1.29, 1.82) is 0 Å². The highest BCUT2D eigenvalue weighted by molar-refractivity contribution is 5.91. The number of carbonyl (C=O) groups is 1. The molecule has 0 radical (unpaired) electrons. The number of amides is 1. The van der Waals surface area contributed by atoms with E-state index in [2.05, 4.69) is 5.32 Å². The highest BCUT2D eigenvalue weighted by Crippen LogP contribution is 2.13. The predicted molar refractivity (Wildman–Crippen MR) is 95.9 cm³/mol. The smallest absolute Gasteiger partial charge is 0.269 e. The zero-order valence-corrected chi connectivity index (χ0v) is 13.8. The minimum absolute atomic E-state index is 0.000687. The van der Waals surface area contributed by atoms with Crippen molar-refractivity contribution in [3.8, 4) is 0 Å². The summed E-state index contributed by atoms with van der Waals surface area (Å²) in [6.45, 7) is 1.74. The maximum atomic E-state index is 11.9. The summed E-state index contributed by atoms with van der Waals surface area (Å²) in [5, 5.41) is 23.5. The van der Waals surface area contributed by atoms with E-state index in [0.717, 1.165) is 5.56 Å². The minimum Gasteiger partial charge on any atom is -0.391 e. The Morgan fingerprint density at radius 1 is 1.20 bits per heavy atom. The van der Waals surface area contributed by atoms with Gasteiger partial charge >= 0.3 is 0 Å². The summed E-state index contributed by atoms with van der Waals surface area (Å²) in [4.78, 5) is 22.1. The van der Waals surface area contributed by atoms with Crippen molar-refractivity contribution in [3.63, 3.8) is 0 Å². The number of hydrogen-bond acceptors (Lipinski definition) is 4. The molecular weight excluding hydrogens is 320 g/mol. The molecule has 2 aromatic carbocycles. The lowest BCUT2D eigenvalue weighted by molar-refractivity contribution is -0.384. The van der Waals surface area contributed by atoms with E-state index >= 15 is 0 Å². The third-order valence-corrected chi connectivity index (χ3v) is 3.77. The first-order valence-corrected chi connectivity index (χ1v) is 7.90. The lowest BCUT2D eigenvalue weighted by Crippen LogP contribution is -2.41. The van der Waals surface area contributed by atoms with Crippen molar-refractivity contribution < 1.29 is 14.8 Å². The molecule has 1 amide bonds. The highest BCUT2D eigenvalue weighted by atomic mass is 16.6. The first kappa shape index (κ1) is 18.4. The largest absolute Gasteiger partial charge is 0.391 e. The molecule has 0 aromatic heterocycles. The second-order valence-electron chi connectivity index (χ2n) is 5.74. The number of carbonyl (C=O) groups excluding carboxylic acids is 1. The molecule has 0 spiro atoms. The molecule has 0 saturated carbocycles. The average Bonchev–Trinajstić information content (AvgIpc) is 2.61. The summed E-state index contributed by atoms with van der Waals surface area (Å²) in [5.74, 6) is -0.335. The predicted octanol–water partition coefficient (Wildman–Crippen LogP) is 2.72. The van der Waals surface area contributed by atoms with Gasteiger partial charge in [0.15, 0.2) is 0 Å². The van der Waals surface area contributed by atoms with Gasteiger partial charge in [0, 0.05) is 24.6 Å². The van der Waals surface area contributed by atoms with Gasteiger partial charge in [0.1, 0.15) is 0 Å². The summed E-state index contributed by atoms with van der Waals surface area (Å²) in [6.07, 6.45) is 2.66. The van der Waals surface area contributed by atoms with Gasteiger partial charge in [-0.1, -0.05) is 30.3 Å². The Morgan fingerprint density at radius 2 is 1.84 bits per heavy atom. The molecule has 6 nitrogen and oxygen atoms in total. The molecule has 2 atom stereocenters. The van der Waals surface area contributed by atoms with E-state index < -0.39 is 17.1 Å². The van der Waals surface area contributed by atoms with Crippen LogP contribution < -0.4 is 5.32 Å². The maximum absolute atomic E-state index is 11.9. The number of rotatable bonds is 7. The van der Waals surface area contributed by atoms with Crippen molar-refractivity contribution >= 4 is 17.7 Å². The van der Waals surface area contributed by atoms with Crippen LogP contribution in [0.5, 0.6) is 0 Å². The zero-order chi connectivity index (χ0) is 18.2. The first-order valence-electron chi connectivity index (χ1n) is 7.90. The number of nitrogens with zero attached hydrogens (tertiary/aromatic N) is 1. The summed E-state index contributed by atoms with van der Waals surface area (Å²) >= 11 is 0. The van der Waals surface area contributed by atoms with Crippen molar-refractivity contribution in [2.24, 2.45) is 0 Å². The van der Waals surface area contributed by atoms with Gasteiger partial charge in [-0.3, -0.25) is 14.9 Å². The van der Waals surface area contributed by atoms with Gasteiger partial charge < -0.3 is 10.4 Å². The molecule has 25 heavy (non-hydrogen) atoms.